The summed E-state index contributed by atoms with van der Waals surface area (Å²) >= 11 is 3.40. The molecule has 7 nitrogen and oxygen atoms in total. The second-order valence-corrected chi connectivity index (χ2v) is 9.79. The Kier molecular flexibility index (Phi) is 7.05. The molecule has 0 atom stereocenters. The summed E-state index contributed by atoms with van der Waals surface area (Å²) in [5.74, 6) is 0.806. The minimum Gasteiger partial charge on any atom is -0.495 e. The molecular formula is C21H25BrN2O5S. The van der Waals surface area contributed by atoms with Crippen molar-refractivity contribution in [3.63, 3.8) is 0 Å². The summed E-state index contributed by atoms with van der Waals surface area (Å²) in [5, 5.41) is 0. The van der Waals surface area contributed by atoms with Gasteiger partial charge in [0.1, 0.15) is 16.0 Å². The quantitative estimate of drug-likeness (QED) is 0.634. The molecular weight excluding hydrogens is 472 g/mol. The van der Waals surface area contributed by atoms with E-state index >= 15 is 0 Å². The van der Waals surface area contributed by atoms with Gasteiger partial charge in [-0.1, -0.05) is 17.7 Å². The van der Waals surface area contributed by atoms with Gasteiger partial charge in [0.15, 0.2) is 0 Å². The summed E-state index contributed by atoms with van der Waals surface area (Å²) in [7, 11) is -0.551. The number of methoxy groups -OCH3 is 2. The number of aryl methyl sites for hydroxylation is 1. The summed E-state index contributed by atoms with van der Waals surface area (Å²) < 4.78 is 38.7. The Balaban J connectivity index is 1.78. The molecule has 3 rings (SSSR count). The molecule has 0 N–H and O–H groups in total. The minimum absolute atomic E-state index is 0.186. The number of hydrogen-bond acceptors (Lipinski definition) is 5. The molecule has 0 saturated carbocycles. The number of sulfonamides is 1. The van der Waals surface area contributed by atoms with Gasteiger partial charge in [-0.15, -0.1) is 0 Å². The zero-order valence-electron chi connectivity index (χ0n) is 17.2. The topological polar surface area (TPSA) is 76.2 Å². The normalized spacial score (nSPS) is 15.5. The summed E-state index contributed by atoms with van der Waals surface area (Å²) in [4.78, 5) is 15.0. The summed E-state index contributed by atoms with van der Waals surface area (Å²) in [6.07, 6.45) is 0.557. The van der Waals surface area contributed by atoms with Crippen LogP contribution in [0.25, 0.3) is 0 Å². The van der Waals surface area contributed by atoms with Gasteiger partial charge >= 0.3 is 0 Å². The molecule has 0 radical (unpaired) electrons. The third-order valence-corrected chi connectivity index (χ3v) is 7.79. The van der Waals surface area contributed by atoms with Crippen LogP contribution in [-0.2, 0) is 10.0 Å². The first-order valence-electron chi connectivity index (χ1n) is 9.55. The maximum absolute atomic E-state index is 13.1. The first kappa shape index (κ1) is 22.6. The molecule has 0 aliphatic carbocycles. The first-order chi connectivity index (χ1) is 14.3. The number of carbonyl (C=O) groups excluding carboxylic acids is 1. The van der Waals surface area contributed by atoms with Crippen LogP contribution < -0.4 is 9.47 Å². The lowest BCUT2D eigenvalue weighted by molar-refractivity contribution is 0.0763. The number of rotatable bonds is 5. The van der Waals surface area contributed by atoms with Crippen LogP contribution in [0.4, 0.5) is 0 Å². The van der Waals surface area contributed by atoms with Crippen LogP contribution in [0.2, 0.25) is 0 Å². The number of carbonyl (C=O) groups is 1. The van der Waals surface area contributed by atoms with Crippen molar-refractivity contribution in [2.45, 2.75) is 18.2 Å². The van der Waals surface area contributed by atoms with Gasteiger partial charge in [0.2, 0.25) is 10.0 Å². The van der Waals surface area contributed by atoms with Crippen LogP contribution in [-0.4, -0.2) is 63.9 Å². The Labute approximate surface area is 185 Å². The number of halogens is 1. The number of hydrogen-bond donors (Lipinski definition) is 0. The fourth-order valence-electron chi connectivity index (χ4n) is 3.37. The monoisotopic (exact) mass is 496 g/mol. The highest BCUT2D eigenvalue weighted by molar-refractivity contribution is 9.10. The van der Waals surface area contributed by atoms with E-state index in [1.165, 1.54) is 18.5 Å². The minimum atomic E-state index is -3.59. The van der Waals surface area contributed by atoms with E-state index in [4.69, 9.17) is 9.47 Å². The Morgan fingerprint density at radius 3 is 2.13 bits per heavy atom. The maximum atomic E-state index is 13.1. The van der Waals surface area contributed by atoms with Crippen LogP contribution >= 0.6 is 15.9 Å². The van der Waals surface area contributed by atoms with Gasteiger partial charge in [-0.3, -0.25) is 4.79 Å². The van der Waals surface area contributed by atoms with E-state index in [-0.39, 0.29) is 17.3 Å². The van der Waals surface area contributed by atoms with E-state index in [9.17, 15) is 13.2 Å². The Morgan fingerprint density at radius 1 is 0.967 bits per heavy atom. The van der Waals surface area contributed by atoms with E-state index in [1.807, 2.05) is 6.92 Å². The molecule has 1 amide bonds. The highest BCUT2D eigenvalue weighted by Gasteiger charge is 2.29. The van der Waals surface area contributed by atoms with E-state index in [0.717, 1.165) is 5.56 Å². The average Bonchev–Trinajstić information content (AvgIpc) is 3.00. The predicted molar refractivity (Wildman–Crippen MR) is 118 cm³/mol. The molecule has 162 valence electrons. The lowest BCUT2D eigenvalue weighted by Gasteiger charge is -2.22. The number of nitrogens with zero attached hydrogens (tertiary/aromatic N) is 2. The second-order valence-electron chi connectivity index (χ2n) is 7.06. The molecule has 2 aromatic rings. The zero-order chi connectivity index (χ0) is 21.9. The van der Waals surface area contributed by atoms with Gasteiger partial charge in [0.25, 0.3) is 5.91 Å². The van der Waals surface area contributed by atoms with Crippen LogP contribution in [0, 0.1) is 6.92 Å². The summed E-state index contributed by atoms with van der Waals surface area (Å²) in [5.41, 5.74) is 1.43. The van der Waals surface area contributed by atoms with E-state index in [0.29, 0.717) is 47.6 Å². The Bertz CT molecular complexity index is 999. The molecule has 2 aromatic carbocycles. The molecule has 1 saturated heterocycles. The SMILES string of the molecule is COc1cc(C(=O)N2CCCN(S(=O)(=O)c3ccc(C)cc3)CC2)cc(OC)c1Br. The van der Waals surface area contributed by atoms with Crippen molar-refractivity contribution < 1.29 is 22.7 Å². The highest BCUT2D eigenvalue weighted by atomic mass is 79.9. The van der Waals surface area contributed by atoms with Gasteiger partial charge in [-0.05, 0) is 53.5 Å². The largest absolute Gasteiger partial charge is 0.495 e. The zero-order valence-corrected chi connectivity index (χ0v) is 19.6. The Hall–Kier alpha value is -2.10. The molecule has 0 spiro atoms. The van der Waals surface area contributed by atoms with E-state index in [2.05, 4.69) is 15.9 Å². The first-order valence-corrected chi connectivity index (χ1v) is 11.8. The maximum Gasteiger partial charge on any atom is 0.254 e. The fourth-order valence-corrected chi connectivity index (χ4v) is 5.39. The third-order valence-electron chi connectivity index (χ3n) is 5.09. The predicted octanol–water partition coefficient (Wildman–Crippen LogP) is 3.31. The van der Waals surface area contributed by atoms with Crippen LogP contribution in [0.1, 0.15) is 22.3 Å². The number of ether oxygens (including phenoxy) is 2. The third kappa shape index (κ3) is 4.63. The van der Waals surface area contributed by atoms with Crippen molar-refractivity contribution in [3.05, 3.63) is 52.0 Å². The summed E-state index contributed by atoms with van der Waals surface area (Å²) in [6, 6.07) is 10.1. The lowest BCUT2D eigenvalue weighted by atomic mass is 10.1. The van der Waals surface area contributed by atoms with Crippen molar-refractivity contribution in [2.24, 2.45) is 0 Å². The second kappa shape index (κ2) is 9.36. The number of benzene rings is 2. The molecule has 1 aliphatic rings. The molecule has 1 aliphatic heterocycles. The lowest BCUT2D eigenvalue weighted by Crippen LogP contribution is -2.37. The molecule has 30 heavy (non-hydrogen) atoms. The molecule has 9 heteroatoms. The van der Waals surface area contributed by atoms with Crippen molar-refractivity contribution in [3.8, 4) is 11.5 Å². The molecule has 1 fully saturated rings. The van der Waals surface area contributed by atoms with Crippen molar-refractivity contribution >= 4 is 31.9 Å². The molecule has 0 bridgehead atoms. The fraction of sp³-hybridized carbons (Fsp3) is 0.381. The van der Waals surface area contributed by atoms with Crippen LogP contribution in [0.5, 0.6) is 11.5 Å². The standard InChI is InChI=1S/C21H25BrN2O5S/c1-15-5-7-17(8-6-15)30(26,27)24-10-4-9-23(11-12-24)21(25)16-13-18(28-2)20(22)19(14-16)29-3/h5-8,13-14H,4,9-12H2,1-3H3. The summed E-state index contributed by atoms with van der Waals surface area (Å²) in [6.45, 7) is 3.31. The average molecular weight is 497 g/mol. The van der Waals surface area contributed by atoms with Crippen LogP contribution in [0.3, 0.4) is 0 Å². The van der Waals surface area contributed by atoms with E-state index in [1.54, 1.807) is 41.3 Å². The van der Waals surface area contributed by atoms with E-state index < -0.39 is 10.0 Å². The molecule has 1 heterocycles. The Morgan fingerprint density at radius 2 is 1.57 bits per heavy atom. The number of amides is 1. The molecule has 0 unspecified atom stereocenters. The van der Waals surface area contributed by atoms with Gasteiger partial charge in [-0.25, -0.2) is 8.42 Å². The van der Waals surface area contributed by atoms with Gasteiger partial charge < -0.3 is 14.4 Å². The van der Waals surface area contributed by atoms with Gasteiger partial charge in [0.05, 0.1) is 19.1 Å². The van der Waals surface area contributed by atoms with Crippen molar-refractivity contribution in [1.82, 2.24) is 9.21 Å². The van der Waals surface area contributed by atoms with Crippen molar-refractivity contribution in [2.75, 3.05) is 40.4 Å². The highest BCUT2D eigenvalue weighted by Crippen LogP contribution is 2.36. The van der Waals surface area contributed by atoms with Crippen molar-refractivity contribution in [1.29, 1.82) is 0 Å². The smallest absolute Gasteiger partial charge is 0.254 e. The van der Waals surface area contributed by atoms with Gasteiger partial charge in [0, 0.05) is 31.7 Å². The van der Waals surface area contributed by atoms with Gasteiger partial charge in [-0.2, -0.15) is 4.31 Å². The molecule has 0 aromatic heterocycles. The van der Waals surface area contributed by atoms with Crippen LogP contribution in [0.15, 0.2) is 45.8 Å².